The van der Waals surface area contributed by atoms with Crippen molar-refractivity contribution in [3.8, 4) is 0 Å². The Hall–Kier alpha value is -3.13. The number of aromatic nitrogens is 3. The molecule has 0 fully saturated rings. The van der Waals surface area contributed by atoms with E-state index in [1.165, 1.54) is 5.56 Å². The first-order valence-electron chi connectivity index (χ1n) is 10.6. The van der Waals surface area contributed by atoms with Crippen LogP contribution in [0, 0.1) is 13.8 Å². The minimum absolute atomic E-state index is 0.0662. The molecular weight excluding hydrogens is 422 g/mol. The Labute approximate surface area is 192 Å². The third kappa shape index (κ3) is 4.27. The van der Waals surface area contributed by atoms with Crippen LogP contribution in [0.25, 0.3) is 0 Å². The second-order valence-electron chi connectivity index (χ2n) is 7.98. The lowest BCUT2D eigenvalue weighted by Gasteiger charge is -2.30. The number of nitrogens with one attached hydrogen (secondary N) is 1. The summed E-state index contributed by atoms with van der Waals surface area (Å²) in [5, 5.41) is 7.39. The summed E-state index contributed by atoms with van der Waals surface area (Å²) in [6.45, 7) is 5.41. The van der Waals surface area contributed by atoms with E-state index in [-0.39, 0.29) is 11.8 Å². The van der Waals surface area contributed by atoms with Crippen molar-refractivity contribution in [2.45, 2.75) is 38.3 Å². The maximum Gasteiger partial charge on any atom is 0.274 e. The van der Waals surface area contributed by atoms with Crippen LogP contribution in [0.4, 0.5) is 0 Å². The first-order chi connectivity index (χ1) is 15.4. The summed E-state index contributed by atoms with van der Waals surface area (Å²) in [7, 11) is 1.84. The zero-order valence-electron chi connectivity index (χ0n) is 18.8. The van der Waals surface area contributed by atoms with Crippen LogP contribution in [-0.4, -0.2) is 44.3 Å². The van der Waals surface area contributed by atoms with E-state index < -0.39 is 0 Å². The molecule has 0 aliphatic carbocycles. The number of aryl methyl sites for hydroxylation is 3. The molecule has 0 bridgehead atoms. The highest BCUT2D eigenvalue weighted by Gasteiger charge is 2.26. The molecule has 4 rings (SSSR count). The van der Waals surface area contributed by atoms with Crippen molar-refractivity contribution in [3.63, 3.8) is 0 Å². The standard InChI is InChI=1S/C24H27N5O2S/c1-15-11-21(27-28(15)3)24(31)29-10-9-18-17(14-29)12-25-16(2)20(18)13-26-23(30)19-7-5-6-8-22(19)32-4/h5-8,11-12H,9-10,13-14H2,1-4H3,(H,26,30). The Balaban J connectivity index is 1.51. The summed E-state index contributed by atoms with van der Waals surface area (Å²) in [4.78, 5) is 33.0. The third-order valence-corrected chi connectivity index (χ3v) is 6.79. The van der Waals surface area contributed by atoms with E-state index >= 15 is 0 Å². The number of hydrogen-bond acceptors (Lipinski definition) is 5. The Morgan fingerprint density at radius 3 is 2.72 bits per heavy atom. The van der Waals surface area contributed by atoms with Crippen molar-refractivity contribution in [1.29, 1.82) is 0 Å². The van der Waals surface area contributed by atoms with Crippen molar-refractivity contribution >= 4 is 23.6 Å². The lowest BCUT2D eigenvalue weighted by Crippen LogP contribution is -2.37. The number of fused-ring (bicyclic) bond motifs is 1. The molecule has 0 radical (unpaired) electrons. The molecular formula is C24H27N5O2S. The van der Waals surface area contributed by atoms with Gasteiger partial charge in [0.25, 0.3) is 11.8 Å². The number of amides is 2. The Morgan fingerprint density at radius 2 is 2.00 bits per heavy atom. The molecule has 3 heterocycles. The predicted octanol–water partition coefficient (Wildman–Crippen LogP) is 3.28. The smallest absolute Gasteiger partial charge is 0.274 e. The van der Waals surface area contributed by atoms with Crippen molar-refractivity contribution in [2.75, 3.05) is 12.8 Å². The van der Waals surface area contributed by atoms with Crippen LogP contribution in [0.2, 0.25) is 0 Å². The number of thioether (sulfide) groups is 1. The van der Waals surface area contributed by atoms with Gasteiger partial charge in [0, 0.05) is 49.2 Å². The van der Waals surface area contributed by atoms with Gasteiger partial charge in [-0.1, -0.05) is 12.1 Å². The van der Waals surface area contributed by atoms with E-state index in [9.17, 15) is 9.59 Å². The molecule has 0 saturated carbocycles. The van der Waals surface area contributed by atoms with Crippen molar-refractivity contribution in [3.05, 3.63) is 75.9 Å². The lowest BCUT2D eigenvalue weighted by atomic mass is 9.94. The van der Waals surface area contributed by atoms with Crippen LogP contribution in [0.15, 0.2) is 41.4 Å². The molecule has 2 amide bonds. The van der Waals surface area contributed by atoms with E-state index in [1.807, 2.05) is 68.6 Å². The maximum atomic E-state index is 12.9. The Bertz CT molecular complexity index is 1170. The van der Waals surface area contributed by atoms with Gasteiger partial charge in [0.15, 0.2) is 5.69 Å². The van der Waals surface area contributed by atoms with Crippen LogP contribution in [-0.2, 0) is 26.6 Å². The Kier molecular flexibility index (Phi) is 6.32. The zero-order chi connectivity index (χ0) is 22.8. The summed E-state index contributed by atoms with van der Waals surface area (Å²) in [6, 6.07) is 9.42. The maximum absolute atomic E-state index is 12.9. The first kappa shape index (κ1) is 22.1. The monoisotopic (exact) mass is 449 g/mol. The van der Waals surface area contributed by atoms with Crippen LogP contribution in [0.1, 0.15) is 48.9 Å². The van der Waals surface area contributed by atoms with Crippen LogP contribution in [0.3, 0.4) is 0 Å². The molecule has 0 spiro atoms. The first-order valence-corrected chi connectivity index (χ1v) is 11.8. The lowest BCUT2D eigenvalue weighted by molar-refractivity contribution is 0.0727. The summed E-state index contributed by atoms with van der Waals surface area (Å²) >= 11 is 1.56. The average molecular weight is 450 g/mol. The fraction of sp³-hybridized carbons (Fsp3) is 0.333. The highest BCUT2D eigenvalue weighted by atomic mass is 32.2. The second-order valence-corrected chi connectivity index (χ2v) is 8.83. The van der Waals surface area contributed by atoms with Gasteiger partial charge in [-0.05, 0) is 61.4 Å². The van der Waals surface area contributed by atoms with E-state index in [1.54, 1.807) is 16.4 Å². The zero-order valence-corrected chi connectivity index (χ0v) is 19.6. The van der Waals surface area contributed by atoms with Gasteiger partial charge >= 0.3 is 0 Å². The normalized spacial score (nSPS) is 13.1. The van der Waals surface area contributed by atoms with Crippen molar-refractivity contribution in [1.82, 2.24) is 25.0 Å². The molecule has 1 aliphatic heterocycles. The number of carbonyl (C=O) groups excluding carboxylic acids is 2. The number of pyridine rings is 1. The highest BCUT2D eigenvalue weighted by Crippen LogP contribution is 2.25. The molecule has 166 valence electrons. The molecule has 8 heteroatoms. The molecule has 0 unspecified atom stereocenters. The average Bonchev–Trinajstić information content (AvgIpc) is 3.15. The van der Waals surface area contributed by atoms with Gasteiger partial charge in [0.2, 0.25) is 0 Å². The minimum atomic E-state index is -0.0925. The summed E-state index contributed by atoms with van der Waals surface area (Å²) in [5.74, 6) is -0.159. The fourth-order valence-electron chi connectivity index (χ4n) is 4.05. The van der Waals surface area contributed by atoms with E-state index in [2.05, 4.69) is 15.4 Å². The number of hydrogen-bond donors (Lipinski definition) is 1. The van der Waals surface area contributed by atoms with Gasteiger partial charge in [0.1, 0.15) is 0 Å². The summed E-state index contributed by atoms with van der Waals surface area (Å²) in [5.41, 5.74) is 6.24. The van der Waals surface area contributed by atoms with Gasteiger partial charge in [-0.25, -0.2) is 0 Å². The molecule has 0 saturated heterocycles. The summed E-state index contributed by atoms with van der Waals surface area (Å²) < 4.78 is 1.71. The van der Waals surface area contributed by atoms with Gasteiger partial charge in [-0.15, -0.1) is 11.8 Å². The Morgan fingerprint density at radius 1 is 1.22 bits per heavy atom. The molecule has 2 aromatic heterocycles. The number of rotatable bonds is 5. The van der Waals surface area contributed by atoms with Crippen LogP contribution < -0.4 is 5.32 Å². The quantitative estimate of drug-likeness (QED) is 0.605. The topological polar surface area (TPSA) is 80.1 Å². The molecule has 0 atom stereocenters. The van der Waals surface area contributed by atoms with Crippen LogP contribution >= 0.6 is 11.8 Å². The van der Waals surface area contributed by atoms with Crippen molar-refractivity contribution < 1.29 is 9.59 Å². The van der Waals surface area contributed by atoms with E-state index in [0.717, 1.165) is 33.8 Å². The number of nitrogens with zero attached hydrogens (tertiary/aromatic N) is 4. The highest BCUT2D eigenvalue weighted by molar-refractivity contribution is 7.98. The van der Waals surface area contributed by atoms with Gasteiger partial charge in [0.05, 0.1) is 5.56 Å². The SMILES string of the molecule is CSc1ccccc1C(=O)NCc1c(C)ncc2c1CCN(C(=O)c1cc(C)n(C)n1)C2. The molecule has 7 nitrogen and oxygen atoms in total. The molecule has 1 N–H and O–H groups in total. The predicted molar refractivity (Wildman–Crippen MR) is 125 cm³/mol. The molecule has 1 aliphatic rings. The summed E-state index contributed by atoms with van der Waals surface area (Å²) in [6.07, 6.45) is 4.54. The third-order valence-electron chi connectivity index (χ3n) is 5.99. The second kappa shape index (κ2) is 9.16. The number of carbonyl (C=O) groups is 2. The molecule has 32 heavy (non-hydrogen) atoms. The largest absolute Gasteiger partial charge is 0.348 e. The van der Waals surface area contributed by atoms with Gasteiger partial charge < -0.3 is 10.2 Å². The minimum Gasteiger partial charge on any atom is -0.348 e. The van der Waals surface area contributed by atoms with Gasteiger partial charge in [-0.2, -0.15) is 5.10 Å². The molecule has 3 aromatic rings. The van der Waals surface area contributed by atoms with Crippen molar-refractivity contribution in [2.24, 2.45) is 7.05 Å². The van der Waals surface area contributed by atoms with E-state index in [4.69, 9.17) is 0 Å². The molecule has 1 aromatic carbocycles. The van der Waals surface area contributed by atoms with Crippen LogP contribution in [0.5, 0.6) is 0 Å². The van der Waals surface area contributed by atoms with E-state index in [0.29, 0.717) is 30.9 Å². The van der Waals surface area contributed by atoms with Gasteiger partial charge in [-0.3, -0.25) is 19.3 Å². The fourth-order valence-corrected chi connectivity index (χ4v) is 4.65. The number of benzene rings is 1.